The molecule has 0 amide bonds. The molecule has 0 spiro atoms. The van der Waals surface area contributed by atoms with Crippen molar-refractivity contribution < 1.29 is 14.0 Å². The third kappa shape index (κ3) is 13.0. The van der Waals surface area contributed by atoms with Crippen LogP contribution in [0.4, 0.5) is 0 Å². The van der Waals surface area contributed by atoms with E-state index in [9.17, 15) is 4.79 Å². The van der Waals surface area contributed by atoms with Gasteiger partial charge in [0, 0.05) is 6.92 Å². The Balaban J connectivity index is 0. The molecule has 11 heavy (non-hydrogen) atoms. The fraction of sp³-hybridized carbons (Fsp3) is 0.857. The average molecular weight is 227 g/mol. The number of quaternary nitrogens is 1. The SMILES string of the molecule is Br.CC(=O)OCC[N+](C)(C)C. The molecule has 0 unspecified atom stereocenters. The van der Waals surface area contributed by atoms with E-state index >= 15 is 0 Å². The molecule has 0 saturated carbocycles. The van der Waals surface area contributed by atoms with Gasteiger partial charge in [0.2, 0.25) is 0 Å². The predicted molar refractivity (Wildman–Crippen MR) is 49.9 cm³/mol. The van der Waals surface area contributed by atoms with Crippen molar-refractivity contribution in [3.63, 3.8) is 0 Å². The number of esters is 1. The number of halogens is 1. The van der Waals surface area contributed by atoms with Crippen molar-refractivity contribution >= 4 is 23.0 Å². The van der Waals surface area contributed by atoms with Crippen molar-refractivity contribution in [1.82, 2.24) is 0 Å². The third-order valence-corrected chi connectivity index (χ3v) is 1.07. The quantitative estimate of drug-likeness (QED) is 0.527. The van der Waals surface area contributed by atoms with Crippen LogP contribution in [0.5, 0.6) is 0 Å². The Morgan fingerprint density at radius 3 is 2.09 bits per heavy atom. The summed E-state index contributed by atoms with van der Waals surface area (Å²) in [5.41, 5.74) is 0. The maximum atomic E-state index is 10.3. The number of rotatable bonds is 3. The second-order valence-corrected chi connectivity index (χ2v) is 3.35. The standard InChI is InChI=1S/C7H16NO2.BrH/c1-7(9)10-6-5-8(2,3)4;/h5-6H2,1-4H3;1H/q+1;. The highest BCUT2D eigenvalue weighted by molar-refractivity contribution is 8.93. The Bertz CT molecular complexity index is 120. The first-order valence-electron chi connectivity index (χ1n) is 3.35. The monoisotopic (exact) mass is 226 g/mol. The molecule has 0 heterocycles. The first-order valence-corrected chi connectivity index (χ1v) is 3.35. The Kier molecular flexibility index (Phi) is 6.81. The van der Waals surface area contributed by atoms with E-state index in [1.165, 1.54) is 6.92 Å². The summed E-state index contributed by atoms with van der Waals surface area (Å²) in [6.07, 6.45) is 0. The molecule has 0 fully saturated rings. The molecule has 0 N–H and O–H groups in total. The summed E-state index contributed by atoms with van der Waals surface area (Å²) in [6.45, 7) is 2.80. The molecule has 0 radical (unpaired) electrons. The fourth-order valence-corrected chi connectivity index (χ4v) is 0.463. The highest BCUT2D eigenvalue weighted by Crippen LogP contribution is 1.88. The molecule has 0 aliphatic rings. The van der Waals surface area contributed by atoms with Crippen LogP contribution in [-0.2, 0) is 9.53 Å². The molecular formula is C7H17BrNO2+. The minimum Gasteiger partial charge on any atom is -0.460 e. The molecule has 0 saturated heterocycles. The molecule has 0 bridgehead atoms. The van der Waals surface area contributed by atoms with Gasteiger partial charge in [0.05, 0.1) is 21.1 Å². The van der Waals surface area contributed by atoms with Gasteiger partial charge in [-0.3, -0.25) is 4.79 Å². The number of carbonyl (C=O) groups excluding carboxylic acids is 1. The lowest BCUT2D eigenvalue weighted by Crippen LogP contribution is -2.37. The van der Waals surface area contributed by atoms with E-state index < -0.39 is 0 Å². The molecule has 0 rings (SSSR count). The summed E-state index contributed by atoms with van der Waals surface area (Å²) in [5.74, 6) is -0.201. The lowest BCUT2D eigenvalue weighted by atomic mass is 10.5. The molecule has 68 valence electrons. The third-order valence-electron chi connectivity index (χ3n) is 1.07. The first kappa shape index (κ1) is 13.5. The van der Waals surface area contributed by atoms with Gasteiger partial charge in [-0.15, -0.1) is 17.0 Å². The van der Waals surface area contributed by atoms with E-state index in [1.807, 2.05) is 0 Å². The largest absolute Gasteiger partial charge is 0.460 e. The number of carbonyl (C=O) groups is 1. The smallest absolute Gasteiger partial charge is 0.302 e. The van der Waals surface area contributed by atoms with Gasteiger partial charge in [-0.2, -0.15) is 0 Å². The van der Waals surface area contributed by atoms with Gasteiger partial charge >= 0.3 is 5.97 Å². The summed E-state index contributed by atoms with van der Waals surface area (Å²) in [6, 6.07) is 0. The van der Waals surface area contributed by atoms with Crippen LogP contribution >= 0.6 is 17.0 Å². The molecule has 0 aromatic rings. The van der Waals surface area contributed by atoms with Crippen molar-refractivity contribution in [1.29, 1.82) is 0 Å². The number of likely N-dealkylation sites (N-methyl/N-ethyl adjacent to an activating group) is 1. The highest BCUT2D eigenvalue weighted by atomic mass is 79.9. The Morgan fingerprint density at radius 2 is 1.82 bits per heavy atom. The van der Waals surface area contributed by atoms with E-state index in [-0.39, 0.29) is 23.0 Å². The topological polar surface area (TPSA) is 26.3 Å². The number of hydrogen-bond donors (Lipinski definition) is 0. The Hall–Kier alpha value is -0.0900. The van der Waals surface area contributed by atoms with Crippen LogP contribution in [0.15, 0.2) is 0 Å². The fourth-order valence-electron chi connectivity index (χ4n) is 0.463. The van der Waals surface area contributed by atoms with Crippen molar-refractivity contribution in [2.45, 2.75) is 6.92 Å². The summed E-state index contributed by atoms with van der Waals surface area (Å²) in [5, 5.41) is 0. The second-order valence-electron chi connectivity index (χ2n) is 3.35. The van der Waals surface area contributed by atoms with Gasteiger partial charge in [0.15, 0.2) is 0 Å². The van der Waals surface area contributed by atoms with Crippen LogP contribution in [0.25, 0.3) is 0 Å². The molecular weight excluding hydrogens is 210 g/mol. The normalized spacial score (nSPS) is 10.2. The zero-order valence-electron chi connectivity index (χ0n) is 7.59. The number of nitrogens with zero attached hydrogens (tertiary/aromatic N) is 1. The molecule has 4 heteroatoms. The predicted octanol–water partition coefficient (Wildman–Crippen LogP) is 0.834. The van der Waals surface area contributed by atoms with E-state index in [0.717, 1.165) is 11.0 Å². The second kappa shape index (κ2) is 5.55. The van der Waals surface area contributed by atoms with E-state index in [2.05, 4.69) is 21.1 Å². The van der Waals surface area contributed by atoms with Crippen molar-refractivity contribution in [2.24, 2.45) is 0 Å². The average Bonchev–Trinajstić information content (AvgIpc) is 1.59. The molecule has 0 aromatic carbocycles. The van der Waals surface area contributed by atoms with Crippen molar-refractivity contribution in [3.8, 4) is 0 Å². The van der Waals surface area contributed by atoms with Crippen LogP contribution in [0.3, 0.4) is 0 Å². The van der Waals surface area contributed by atoms with Gasteiger partial charge in [-0.25, -0.2) is 0 Å². The Labute approximate surface area is 78.7 Å². The summed E-state index contributed by atoms with van der Waals surface area (Å²) in [7, 11) is 6.18. The number of hydrogen-bond acceptors (Lipinski definition) is 2. The van der Waals surface area contributed by atoms with E-state index in [1.54, 1.807) is 0 Å². The highest BCUT2D eigenvalue weighted by Gasteiger charge is 2.06. The zero-order chi connectivity index (χ0) is 8.20. The van der Waals surface area contributed by atoms with Crippen LogP contribution in [0, 0.1) is 0 Å². The van der Waals surface area contributed by atoms with Crippen molar-refractivity contribution in [3.05, 3.63) is 0 Å². The molecule has 0 aliphatic carbocycles. The molecule has 0 aliphatic heterocycles. The van der Waals surface area contributed by atoms with Gasteiger partial charge in [0.25, 0.3) is 0 Å². The van der Waals surface area contributed by atoms with Gasteiger partial charge in [-0.05, 0) is 0 Å². The number of ether oxygens (including phenoxy) is 1. The van der Waals surface area contributed by atoms with Crippen LogP contribution in [0.2, 0.25) is 0 Å². The summed E-state index contributed by atoms with van der Waals surface area (Å²) in [4.78, 5) is 10.3. The van der Waals surface area contributed by atoms with E-state index in [0.29, 0.717) is 6.61 Å². The van der Waals surface area contributed by atoms with Crippen LogP contribution < -0.4 is 0 Å². The summed E-state index contributed by atoms with van der Waals surface area (Å²) < 4.78 is 5.59. The van der Waals surface area contributed by atoms with Gasteiger partial charge < -0.3 is 9.22 Å². The minimum absolute atomic E-state index is 0. The van der Waals surface area contributed by atoms with Crippen molar-refractivity contribution in [2.75, 3.05) is 34.3 Å². The van der Waals surface area contributed by atoms with Crippen LogP contribution in [-0.4, -0.2) is 44.7 Å². The lowest BCUT2D eigenvalue weighted by molar-refractivity contribution is -0.870. The molecule has 0 aromatic heterocycles. The summed E-state index contributed by atoms with van der Waals surface area (Å²) >= 11 is 0. The molecule has 0 atom stereocenters. The molecule has 3 nitrogen and oxygen atoms in total. The lowest BCUT2D eigenvalue weighted by Gasteiger charge is -2.23. The Morgan fingerprint density at radius 1 is 1.36 bits per heavy atom. The van der Waals surface area contributed by atoms with Gasteiger partial charge in [0.1, 0.15) is 13.2 Å². The minimum atomic E-state index is -0.201. The van der Waals surface area contributed by atoms with E-state index in [4.69, 9.17) is 4.74 Å². The first-order chi connectivity index (χ1) is 4.42. The van der Waals surface area contributed by atoms with Gasteiger partial charge in [-0.1, -0.05) is 0 Å². The maximum absolute atomic E-state index is 10.3. The zero-order valence-corrected chi connectivity index (χ0v) is 9.30. The van der Waals surface area contributed by atoms with Crippen LogP contribution in [0.1, 0.15) is 6.92 Å². The maximum Gasteiger partial charge on any atom is 0.302 e.